The van der Waals surface area contributed by atoms with E-state index >= 15 is 0 Å². The molecule has 2 aromatic carbocycles. The van der Waals surface area contributed by atoms with Crippen molar-refractivity contribution in [3.05, 3.63) is 57.0 Å². The van der Waals surface area contributed by atoms with Crippen molar-refractivity contribution in [2.75, 3.05) is 11.9 Å². The van der Waals surface area contributed by atoms with E-state index in [4.69, 9.17) is 4.74 Å². The van der Waals surface area contributed by atoms with Crippen molar-refractivity contribution >= 4 is 43.5 Å². The van der Waals surface area contributed by atoms with E-state index < -0.39 is 0 Å². The van der Waals surface area contributed by atoms with Crippen molar-refractivity contribution in [2.24, 2.45) is 0 Å². The summed E-state index contributed by atoms with van der Waals surface area (Å²) in [7, 11) is 0. The number of anilines is 1. The van der Waals surface area contributed by atoms with Crippen molar-refractivity contribution in [3.8, 4) is 5.75 Å². The second-order valence-corrected chi connectivity index (χ2v) is 7.25. The van der Waals surface area contributed by atoms with Crippen LogP contribution in [0.1, 0.15) is 43.0 Å². The minimum absolute atomic E-state index is 0.188. The lowest BCUT2D eigenvalue weighted by molar-refractivity contribution is 0.102. The fraction of sp³-hybridized carbons (Fsp3) is 0.316. The number of carbonyl (C=O) groups is 1. The van der Waals surface area contributed by atoms with Crippen LogP contribution in [0, 0.1) is 0 Å². The molecule has 128 valence electrons. The van der Waals surface area contributed by atoms with Crippen molar-refractivity contribution in [3.63, 3.8) is 0 Å². The predicted octanol–water partition coefficient (Wildman–Crippen LogP) is 6.42. The number of rotatable bonds is 8. The Labute approximate surface area is 160 Å². The van der Waals surface area contributed by atoms with Crippen LogP contribution in [0.5, 0.6) is 5.75 Å². The molecule has 0 saturated heterocycles. The molecule has 2 rings (SSSR count). The first-order valence-electron chi connectivity index (χ1n) is 8.10. The summed E-state index contributed by atoms with van der Waals surface area (Å²) in [6.45, 7) is 2.80. The average Bonchev–Trinajstić information content (AvgIpc) is 2.58. The Morgan fingerprint density at radius 2 is 1.88 bits per heavy atom. The molecule has 3 nitrogen and oxygen atoms in total. The van der Waals surface area contributed by atoms with E-state index in [1.807, 2.05) is 36.4 Å². The van der Waals surface area contributed by atoms with Crippen LogP contribution < -0.4 is 10.1 Å². The highest BCUT2D eigenvalue weighted by Gasteiger charge is 2.14. The Morgan fingerprint density at radius 1 is 1.08 bits per heavy atom. The number of para-hydroxylation sites is 1. The van der Waals surface area contributed by atoms with E-state index in [1.54, 1.807) is 6.07 Å². The van der Waals surface area contributed by atoms with Crippen LogP contribution in [0.2, 0.25) is 0 Å². The maximum Gasteiger partial charge on any atom is 0.259 e. The Kier molecular flexibility index (Phi) is 7.79. The van der Waals surface area contributed by atoms with Gasteiger partial charge in [-0.25, -0.2) is 0 Å². The van der Waals surface area contributed by atoms with Crippen molar-refractivity contribution in [1.82, 2.24) is 0 Å². The molecule has 24 heavy (non-hydrogen) atoms. The molecular formula is C19H21Br2NO2. The number of hydrogen-bond donors (Lipinski definition) is 1. The highest BCUT2D eigenvalue weighted by Crippen LogP contribution is 2.27. The minimum atomic E-state index is -0.188. The molecule has 0 radical (unpaired) electrons. The molecule has 0 atom stereocenters. The molecule has 0 bridgehead atoms. The zero-order valence-electron chi connectivity index (χ0n) is 13.6. The Bertz CT molecular complexity index is 689. The van der Waals surface area contributed by atoms with Gasteiger partial charge in [0, 0.05) is 8.95 Å². The predicted molar refractivity (Wildman–Crippen MR) is 106 cm³/mol. The van der Waals surface area contributed by atoms with E-state index in [2.05, 4.69) is 44.1 Å². The topological polar surface area (TPSA) is 38.3 Å². The number of amides is 1. The van der Waals surface area contributed by atoms with Gasteiger partial charge >= 0.3 is 0 Å². The molecule has 1 N–H and O–H groups in total. The molecule has 0 aromatic heterocycles. The van der Waals surface area contributed by atoms with Gasteiger partial charge in [0.05, 0.1) is 17.9 Å². The van der Waals surface area contributed by atoms with Gasteiger partial charge in [0.1, 0.15) is 5.75 Å². The van der Waals surface area contributed by atoms with Gasteiger partial charge in [-0.2, -0.15) is 0 Å². The fourth-order valence-electron chi connectivity index (χ4n) is 2.27. The third-order valence-electron chi connectivity index (χ3n) is 3.56. The normalized spacial score (nSPS) is 10.5. The monoisotopic (exact) mass is 453 g/mol. The fourth-order valence-corrected chi connectivity index (χ4v) is 3.01. The molecule has 0 fully saturated rings. The van der Waals surface area contributed by atoms with Gasteiger partial charge in [-0.3, -0.25) is 4.79 Å². The van der Waals surface area contributed by atoms with Crippen LogP contribution in [0.3, 0.4) is 0 Å². The first kappa shape index (κ1) is 19.0. The van der Waals surface area contributed by atoms with Gasteiger partial charge in [0.2, 0.25) is 0 Å². The molecule has 0 aliphatic rings. The van der Waals surface area contributed by atoms with Crippen molar-refractivity contribution in [1.29, 1.82) is 0 Å². The van der Waals surface area contributed by atoms with Crippen LogP contribution in [0.4, 0.5) is 5.69 Å². The lowest BCUT2D eigenvalue weighted by atomic mass is 10.1. The van der Waals surface area contributed by atoms with Gasteiger partial charge < -0.3 is 10.1 Å². The van der Waals surface area contributed by atoms with Crippen LogP contribution in [-0.4, -0.2) is 12.5 Å². The van der Waals surface area contributed by atoms with Crippen LogP contribution >= 0.6 is 31.9 Å². The summed E-state index contributed by atoms with van der Waals surface area (Å²) in [5.41, 5.74) is 1.26. The number of benzene rings is 2. The number of hydrogen-bond acceptors (Lipinski definition) is 2. The van der Waals surface area contributed by atoms with Crippen LogP contribution in [0.15, 0.2) is 51.4 Å². The van der Waals surface area contributed by atoms with Crippen molar-refractivity contribution in [2.45, 2.75) is 32.6 Å². The van der Waals surface area contributed by atoms with Crippen LogP contribution in [-0.2, 0) is 0 Å². The second-order valence-electron chi connectivity index (χ2n) is 5.48. The van der Waals surface area contributed by atoms with Gasteiger partial charge in [-0.15, -0.1) is 0 Å². The summed E-state index contributed by atoms with van der Waals surface area (Å²) in [5.74, 6) is 0.422. The third kappa shape index (κ3) is 5.64. The standard InChI is InChI=1S/C19H21Br2NO2/c1-2-3-4-7-12-24-18-11-10-14(20)13-15(18)19(23)22-17-9-6-5-8-16(17)21/h5-6,8-11,13H,2-4,7,12H2,1H3,(H,22,23). The SMILES string of the molecule is CCCCCCOc1ccc(Br)cc1C(=O)Nc1ccccc1Br. The highest BCUT2D eigenvalue weighted by molar-refractivity contribution is 9.10. The van der Waals surface area contributed by atoms with Gasteiger partial charge in [0.15, 0.2) is 0 Å². The lowest BCUT2D eigenvalue weighted by Gasteiger charge is -2.13. The quantitative estimate of drug-likeness (QED) is 0.467. The number of unbranched alkanes of at least 4 members (excludes halogenated alkanes) is 3. The summed E-state index contributed by atoms with van der Waals surface area (Å²) in [6.07, 6.45) is 4.54. The zero-order valence-corrected chi connectivity index (χ0v) is 16.8. The summed E-state index contributed by atoms with van der Waals surface area (Å²) < 4.78 is 7.52. The third-order valence-corrected chi connectivity index (χ3v) is 4.75. The first-order chi connectivity index (χ1) is 11.6. The second kappa shape index (κ2) is 9.84. The maximum atomic E-state index is 12.6. The smallest absolute Gasteiger partial charge is 0.259 e. The average molecular weight is 455 g/mol. The van der Waals surface area contributed by atoms with Gasteiger partial charge in [-0.05, 0) is 52.7 Å². The molecule has 5 heteroatoms. The van der Waals surface area contributed by atoms with E-state index in [1.165, 1.54) is 12.8 Å². The van der Waals surface area contributed by atoms with Gasteiger partial charge in [0.25, 0.3) is 5.91 Å². The molecule has 1 amide bonds. The zero-order chi connectivity index (χ0) is 17.4. The van der Waals surface area contributed by atoms with Gasteiger partial charge in [-0.1, -0.05) is 54.2 Å². The number of ether oxygens (including phenoxy) is 1. The van der Waals surface area contributed by atoms with Crippen LogP contribution in [0.25, 0.3) is 0 Å². The van der Waals surface area contributed by atoms with Crippen molar-refractivity contribution < 1.29 is 9.53 Å². The number of nitrogens with one attached hydrogen (secondary N) is 1. The summed E-state index contributed by atoms with van der Waals surface area (Å²) >= 11 is 6.86. The minimum Gasteiger partial charge on any atom is -0.493 e. The molecule has 0 heterocycles. The van der Waals surface area contributed by atoms with E-state index in [9.17, 15) is 4.79 Å². The molecule has 0 aliphatic carbocycles. The van der Waals surface area contributed by atoms with E-state index in [0.717, 1.165) is 27.5 Å². The summed E-state index contributed by atoms with van der Waals surface area (Å²) in [6, 6.07) is 13.0. The van der Waals surface area contributed by atoms with E-state index in [-0.39, 0.29) is 5.91 Å². The maximum absolute atomic E-state index is 12.6. The summed E-state index contributed by atoms with van der Waals surface area (Å²) in [5, 5.41) is 2.92. The summed E-state index contributed by atoms with van der Waals surface area (Å²) in [4.78, 5) is 12.6. The molecule has 0 spiro atoms. The molecule has 0 unspecified atom stereocenters. The number of halogens is 2. The number of carbonyl (C=O) groups excluding carboxylic acids is 1. The highest BCUT2D eigenvalue weighted by atomic mass is 79.9. The molecule has 0 saturated carbocycles. The largest absolute Gasteiger partial charge is 0.493 e. The first-order valence-corrected chi connectivity index (χ1v) is 9.68. The van der Waals surface area contributed by atoms with E-state index in [0.29, 0.717) is 17.9 Å². The molecule has 0 aliphatic heterocycles. The Balaban J connectivity index is 2.08. The Hall–Kier alpha value is -1.33. The Morgan fingerprint density at radius 3 is 2.62 bits per heavy atom. The lowest BCUT2D eigenvalue weighted by Crippen LogP contribution is -2.14. The molecular weight excluding hydrogens is 434 g/mol. The molecule has 2 aromatic rings.